The third-order valence-corrected chi connectivity index (χ3v) is 7.17. The Morgan fingerprint density at radius 1 is 1.36 bits per heavy atom. The number of ether oxygens (including phenoxy) is 2. The molecule has 5 atom stereocenters. The predicted molar refractivity (Wildman–Crippen MR) is 136 cm³/mol. The molecule has 1 unspecified atom stereocenters. The Labute approximate surface area is 222 Å². The summed E-state index contributed by atoms with van der Waals surface area (Å²) in [5, 5.41) is 27.5. The number of rotatable bonds is 11. The van der Waals surface area contributed by atoms with Gasteiger partial charge in [-0.25, -0.2) is 9.36 Å². The molecule has 2 aromatic rings. The largest absolute Gasteiger partial charge is 0.462 e. The molecule has 0 radical (unpaired) electrons. The van der Waals surface area contributed by atoms with Gasteiger partial charge < -0.3 is 29.9 Å². The zero-order chi connectivity index (χ0) is 29.0. The van der Waals surface area contributed by atoms with Crippen molar-refractivity contribution in [1.29, 1.82) is 0 Å². The first-order valence-corrected chi connectivity index (χ1v) is 13.2. The topological polar surface area (TPSA) is 233 Å². The number of nitrogens with zero attached hydrogens (tertiary/aromatic N) is 5. The van der Waals surface area contributed by atoms with Crippen molar-refractivity contribution in [2.24, 2.45) is 5.11 Å². The molecule has 5 N–H and O–H groups in total. The number of azide groups is 1. The highest BCUT2D eigenvalue weighted by atomic mass is 31.2. The molecule has 212 valence electrons. The van der Waals surface area contributed by atoms with Gasteiger partial charge >= 0.3 is 19.4 Å². The minimum Gasteiger partial charge on any atom is -0.462 e. The molecule has 1 aromatic carbocycles. The number of nitrogens with two attached hydrogens (primary N) is 1. The Morgan fingerprint density at radius 2 is 2.03 bits per heavy atom. The van der Waals surface area contributed by atoms with E-state index in [-0.39, 0.29) is 11.6 Å². The summed E-state index contributed by atoms with van der Waals surface area (Å²) in [6.07, 6.45) is -4.69. The van der Waals surface area contributed by atoms with Gasteiger partial charge in [0.15, 0.2) is 6.23 Å². The van der Waals surface area contributed by atoms with Crippen LogP contribution >= 0.6 is 7.75 Å². The number of carbonyl (C=O) groups excluding carboxylic acids is 1. The molecular weight excluding hydrogens is 537 g/mol. The summed E-state index contributed by atoms with van der Waals surface area (Å²) >= 11 is 0. The second-order valence-electron chi connectivity index (χ2n) is 9.39. The lowest BCUT2D eigenvalue weighted by molar-refractivity contribution is -0.153. The first kappa shape index (κ1) is 30.1. The molecule has 1 aliphatic heterocycles. The lowest BCUT2D eigenvalue weighted by Gasteiger charge is -2.32. The third-order valence-electron chi connectivity index (χ3n) is 5.42. The lowest BCUT2D eigenvalue weighted by Crippen LogP contribution is -2.49. The Hall–Kier alpha value is -3.49. The molecule has 0 spiro atoms. The minimum atomic E-state index is -4.54. The van der Waals surface area contributed by atoms with E-state index in [2.05, 4.69) is 20.1 Å². The number of hydrogen-bond acceptors (Lipinski definition) is 12. The Balaban J connectivity index is 1.94. The predicted octanol–water partition coefficient (Wildman–Crippen LogP) is 1.61. The Kier molecular flexibility index (Phi) is 9.03. The molecule has 1 aliphatic rings. The molecule has 16 nitrogen and oxygen atoms in total. The summed E-state index contributed by atoms with van der Waals surface area (Å²) in [5.74, 6) is -0.785. The summed E-state index contributed by atoms with van der Waals surface area (Å²) in [4.78, 5) is 31.2. The van der Waals surface area contributed by atoms with Crippen molar-refractivity contribution in [3.63, 3.8) is 0 Å². The van der Waals surface area contributed by atoms with Crippen molar-refractivity contribution in [3.8, 4) is 5.75 Å². The van der Waals surface area contributed by atoms with Crippen LogP contribution in [0.1, 0.15) is 33.9 Å². The first-order valence-electron chi connectivity index (χ1n) is 11.7. The molecule has 1 aromatic heterocycles. The average Bonchev–Trinajstić information content (AvgIpc) is 3.08. The zero-order valence-electron chi connectivity index (χ0n) is 21.6. The zero-order valence-corrected chi connectivity index (χ0v) is 22.5. The summed E-state index contributed by atoms with van der Waals surface area (Å²) in [5.41, 5.74) is 9.78. The molecular formula is C22H30N7O9P. The van der Waals surface area contributed by atoms with Gasteiger partial charge in [-0.15, -0.1) is 0 Å². The normalized spacial score (nSPS) is 24.5. The fraction of sp³-hybridized carbons (Fsp3) is 0.500. The third kappa shape index (κ3) is 6.94. The van der Waals surface area contributed by atoms with Crippen LogP contribution in [-0.2, 0) is 23.4 Å². The highest BCUT2D eigenvalue weighted by Gasteiger charge is 2.57. The fourth-order valence-electron chi connectivity index (χ4n) is 3.55. The maximum atomic E-state index is 13.9. The van der Waals surface area contributed by atoms with Crippen LogP contribution in [0.25, 0.3) is 10.4 Å². The monoisotopic (exact) mass is 567 g/mol. The first-order chi connectivity index (χ1) is 18.2. The van der Waals surface area contributed by atoms with Crippen LogP contribution in [0.5, 0.6) is 5.75 Å². The number of hydrogen-bond donors (Lipinski definition) is 4. The van der Waals surface area contributed by atoms with E-state index in [1.54, 1.807) is 32.0 Å². The van der Waals surface area contributed by atoms with E-state index in [4.69, 9.17) is 24.3 Å². The van der Waals surface area contributed by atoms with Crippen LogP contribution in [0.15, 0.2) is 52.5 Å². The van der Waals surface area contributed by atoms with Crippen LogP contribution in [-0.4, -0.2) is 61.9 Å². The Bertz CT molecular complexity index is 1330. The summed E-state index contributed by atoms with van der Waals surface area (Å²) in [7, 11) is -4.54. The number of nitrogens with one attached hydrogen (secondary N) is 1. The maximum Gasteiger partial charge on any atom is 0.459 e. The SMILES string of the molecule is CC(C)OC(=O)C(C)(C)NP(=O)(OC[C@@]1(N=[N+]=[N-])O[C@@H](n2ccc(N)nc2=O)[C@H](O)[C@@H]1O)Oc1ccccc1. The summed E-state index contributed by atoms with van der Waals surface area (Å²) < 4.78 is 36.8. The van der Waals surface area contributed by atoms with Gasteiger partial charge in [-0.1, -0.05) is 23.3 Å². The summed E-state index contributed by atoms with van der Waals surface area (Å²) in [6.45, 7) is 5.08. The second-order valence-corrected chi connectivity index (χ2v) is 11.0. The maximum absolute atomic E-state index is 13.9. The van der Waals surface area contributed by atoms with Gasteiger partial charge in [0.25, 0.3) is 0 Å². The quantitative estimate of drug-likeness (QED) is 0.0996. The van der Waals surface area contributed by atoms with Gasteiger partial charge in [-0.05, 0) is 51.4 Å². The van der Waals surface area contributed by atoms with Crippen molar-refractivity contribution in [3.05, 3.63) is 63.5 Å². The number of nitrogen functional groups attached to an aromatic ring is 1. The van der Waals surface area contributed by atoms with Crippen LogP contribution in [0.4, 0.5) is 5.82 Å². The molecule has 0 amide bonds. The van der Waals surface area contributed by atoms with Crippen molar-refractivity contribution < 1.29 is 38.1 Å². The van der Waals surface area contributed by atoms with E-state index in [1.807, 2.05) is 0 Å². The fourth-order valence-corrected chi connectivity index (χ4v) is 5.24. The average molecular weight is 567 g/mol. The van der Waals surface area contributed by atoms with E-state index >= 15 is 0 Å². The van der Waals surface area contributed by atoms with E-state index in [0.717, 1.165) is 10.8 Å². The van der Waals surface area contributed by atoms with E-state index in [9.17, 15) is 29.9 Å². The van der Waals surface area contributed by atoms with Crippen molar-refractivity contribution in [1.82, 2.24) is 14.6 Å². The number of para-hydroxylation sites is 1. The number of carbonyl (C=O) groups is 1. The lowest BCUT2D eigenvalue weighted by atomic mass is 10.1. The number of aromatic nitrogens is 2. The molecule has 1 fully saturated rings. The van der Waals surface area contributed by atoms with Gasteiger partial charge in [-0.2, -0.15) is 10.1 Å². The smallest absolute Gasteiger partial charge is 0.459 e. The second kappa shape index (κ2) is 11.7. The number of benzene rings is 1. The van der Waals surface area contributed by atoms with E-state index < -0.39 is 61.8 Å². The number of aliphatic hydroxyl groups excluding tert-OH is 2. The van der Waals surface area contributed by atoms with E-state index in [1.165, 1.54) is 32.0 Å². The highest BCUT2D eigenvalue weighted by molar-refractivity contribution is 7.52. The molecule has 3 rings (SSSR count). The molecule has 39 heavy (non-hydrogen) atoms. The molecule has 0 saturated carbocycles. The number of anilines is 1. The summed E-state index contributed by atoms with van der Waals surface area (Å²) in [6, 6.07) is 9.08. The Morgan fingerprint density at radius 3 is 2.62 bits per heavy atom. The van der Waals surface area contributed by atoms with Crippen molar-refractivity contribution in [2.45, 2.75) is 63.5 Å². The molecule has 0 aliphatic carbocycles. The van der Waals surface area contributed by atoms with Gasteiger partial charge in [0, 0.05) is 11.1 Å². The molecule has 1 saturated heterocycles. The van der Waals surface area contributed by atoms with Gasteiger partial charge in [0.05, 0.1) is 12.7 Å². The number of aliphatic hydroxyl groups is 2. The van der Waals surface area contributed by atoms with Gasteiger partial charge in [0.2, 0.25) is 5.72 Å². The molecule has 17 heteroatoms. The van der Waals surface area contributed by atoms with Gasteiger partial charge in [-0.3, -0.25) is 13.9 Å². The van der Waals surface area contributed by atoms with Crippen LogP contribution in [0.2, 0.25) is 0 Å². The van der Waals surface area contributed by atoms with Crippen LogP contribution in [0.3, 0.4) is 0 Å². The number of esters is 1. The standard InChI is InChI=1S/C22H30N7O9P/c1-13(2)36-19(32)21(3,4)27-39(34,38-14-8-6-5-7-9-14)35-12-22(26-28-24)17(31)16(30)18(37-22)29-11-10-15(23)25-20(29)33/h5-11,13,16-18,30-31H,12H2,1-4H3,(H,27,34)(H2,23,25,33)/t16-,17+,18-,22-,39?/m1/s1. The van der Waals surface area contributed by atoms with E-state index in [0.29, 0.717) is 0 Å². The minimum absolute atomic E-state index is 0.0875. The molecule has 0 bridgehead atoms. The van der Waals surface area contributed by atoms with Crippen molar-refractivity contribution in [2.75, 3.05) is 12.3 Å². The highest BCUT2D eigenvalue weighted by Crippen LogP contribution is 2.49. The van der Waals surface area contributed by atoms with Crippen LogP contribution in [0, 0.1) is 0 Å². The van der Waals surface area contributed by atoms with Crippen molar-refractivity contribution >= 4 is 19.5 Å². The van der Waals surface area contributed by atoms with Gasteiger partial charge in [0.1, 0.15) is 29.3 Å². The molecule has 2 heterocycles. The van der Waals surface area contributed by atoms with Crippen LogP contribution < -0.4 is 21.0 Å².